The molecule has 0 aliphatic carbocycles. The van der Waals surface area contributed by atoms with E-state index in [1.165, 1.54) is 4.88 Å². The lowest BCUT2D eigenvalue weighted by molar-refractivity contribution is -0.122. The molecule has 0 fully saturated rings. The van der Waals surface area contributed by atoms with E-state index in [1.807, 2.05) is 36.4 Å². The summed E-state index contributed by atoms with van der Waals surface area (Å²) in [4.78, 5) is 13.2. The van der Waals surface area contributed by atoms with Crippen molar-refractivity contribution in [2.75, 3.05) is 18.9 Å². The second kappa shape index (κ2) is 10.5. The number of thioether (sulfide) groups is 1. The minimum atomic E-state index is -0.118. The van der Waals surface area contributed by atoms with Gasteiger partial charge in [0.2, 0.25) is 0 Å². The topological polar surface area (TPSA) is 62.1 Å². The average Bonchev–Trinajstić information content (AvgIpc) is 3.26. The number of nitrogens with one attached hydrogen (secondary N) is 1. The first-order chi connectivity index (χ1) is 13.7. The van der Waals surface area contributed by atoms with Gasteiger partial charge in [-0.05, 0) is 46.8 Å². The van der Waals surface area contributed by atoms with Crippen LogP contribution in [-0.2, 0) is 10.5 Å². The Labute approximate surface area is 173 Å². The smallest absolute Gasteiger partial charge is 0.257 e. The van der Waals surface area contributed by atoms with Gasteiger partial charge in [-0.3, -0.25) is 4.79 Å². The Hall–Kier alpha value is -2.75. The molecule has 1 aromatic heterocycles. The fraction of sp³-hybridized carbons (Fsp3) is 0.182. The summed E-state index contributed by atoms with van der Waals surface area (Å²) in [6.07, 6.45) is 0. The number of rotatable bonds is 9. The standard InChI is InChI=1S/C22H20N2O2S2/c23-14-17-3-5-18(6-4-17)19-7-9-20(10-8-19)26-15-22(25)24-11-13-27-16-21-2-1-12-28-21/h1-10,12H,11,13,15-16H2,(H,24,25). The molecule has 3 aromatic rings. The van der Waals surface area contributed by atoms with Crippen molar-refractivity contribution >= 4 is 29.0 Å². The molecule has 28 heavy (non-hydrogen) atoms. The Kier molecular flexibility index (Phi) is 7.53. The lowest BCUT2D eigenvalue weighted by atomic mass is 10.0. The summed E-state index contributed by atoms with van der Waals surface area (Å²) < 4.78 is 5.55. The molecule has 142 valence electrons. The number of ether oxygens (including phenoxy) is 1. The van der Waals surface area contributed by atoms with E-state index in [4.69, 9.17) is 10.00 Å². The molecular weight excluding hydrogens is 388 g/mol. The van der Waals surface area contributed by atoms with Crippen LogP contribution < -0.4 is 10.1 Å². The highest BCUT2D eigenvalue weighted by molar-refractivity contribution is 7.98. The molecule has 0 radical (unpaired) electrons. The van der Waals surface area contributed by atoms with E-state index in [9.17, 15) is 4.79 Å². The van der Waals surface area contributed by atoms with Crippen LogP contribution in [0.5, 0.6) is 5.75 Å². The molecule has 0 bridgehead atoms. The predicted molar refractivity (Wildman–Crippen MR) is 116 cm³/mol. The molecular formula is C22H20N2O2S2. The van der Waals surface area contributed by atoms with Gasteiger partial charge in [-0.15, -0.1) is 11.3 Å². The van der Waals surface area contributed by atoms with Gasteiger partial charge >= 0.3 is 0 Å². The highest BCUT2D eigenvalue weighted by Gasteiger charge is 2.04. The lowest BCUT2D eigenvalue weighted by Crippen LogP contribution is -2.30. The maximum Gasteiger partial charge on any atom is 0.257 e. The van der Waals surface area contributed by atoms with E-state index in [0.29, 0.717) is 17.9 Å². The molecule has 0 saturated heterocycles. The average molecular weight is 409 g/mol. The van der Waals surface area contributed by atoms with Crippen LogP contribution in [0.3, 0.4) is 0 Å². The van der Waals surface area contributed by atoms with Gasteiger partial charge in [0.05, 0.1) is 11.6 Å². The first-order valence-corrected chi connectivity index (χ1v) is 10.9. The Morgan fingerprint density at radius 2 is 1.79 bits per heavy atom. The number of hydrogen-bond acceptors (Lipinski definition) is 5. The first-order valence-electron chi connectivity index (χ1n) is 8.85. The third kappa shape index (κ3) is 6.15. The molecule has 0 spiro atoms. The molecule has 3 rings (SSSR count). The van der Waals surface area contributed by atoms with Gasteiger partial charge in [-0.25, -0.2) is 0 Å². The molecule has 0 saturated carbocycles. The second-order valence-electron chi connectivity index (χ2n) is 5.98. The van der Waals surface area contributed by atoms with E-state index in [-0.39, 0.29) is 12.5 Å². The van der Waals surface area contributed by atoms with E-state index >= 15 is 0 Å². The number of benzene rings is 2. The van der Waals surface area contributed by atoms with Gasteiger partial charge in [0.1, 0.15) is 5.75 Å². The molecule has 0 unspecified atom stereocenters. The van der Waals surface area contributed by atoms with Crippen LogP contribution in [0.1, 0.15) is 10.4 Å². The number of carbonyl (C=O) groups excluding carboxylic acids is 1. The highest BCUT2D eigenvalue weighted by atomic mass is 32.2. The maximum atomic E-state index is 11.9. The summed E-state index contributed by atoms with van der Waals surface area (Å²) in [5, 5.41) is 13.8. The largest absolute Gasteiger partial charge is 0.484 e. The van der Waals surface area contributed by atoms with Crippen LogP contribution in [0.15, 0.2) is 66.0 Å². The van der Waals surface area contributed by atoms with Crippen molar-refractivity contribution < 1.29 is 9.53 Å². The summed E-state index contributed by atoms with van der Waals surface area (Å²) in [5.74, 6) is 2.39. The first kappa shape index (κ1) is 20.0. The van der Waals surface area contributed by atoms with Crippen molar-refractivity contribution in [2.45, 2.75) is 5.75 Å². The van der Waals surface area contributed by atoms with E-state index in [2.05, 4.69) is 28.9 Å². The number of thiophene rings is 1. The highest BCUT2D eigenvalue weighted by Crippen LogP contribution is 2.22. The van der Waals surface area contributed by atoms with Crippen molar-refractivity contribution in [3.63, 3.8) is 0 Å². The molecule has 6 heteroatoms. The second-order valence-corrected chi connectivity index (χ2v) is 8.12. The molecule has 0 aliphatic heterocycles. The Morgan fingerprint density at radius 1 is 1.07 bits per heavy atom. The molecule has 0 atom stereocenters. The lowest BCUT2D eigenvalue weighted by Gasteiger charge is -2.08. The van der Waals surface area contributed by atoms with Gasteiger partial charge in [0.15, 0.2) is 6.61 Å². The zero-order valence-electron chi connectivity index (χ0n) is 15.3. The van der Waals surface area contributed by atoms with E-state index in [0.717, 1.165) is 22.6 Å². The number of amides is 1. The molecule has 1 amide bonds. The number of nitrogens with zero attached hydrogens (tertiary/aromatic N) is 1. The fourth-order valence-electron chi connectivity index (χ4n) is 2.51. The number of nitriles is 1. The Bertz CT molecular complexity index is 915. The zero-order valence-corrected chi connectivity index (χ0v) is 16.9. The summed E-state index contributed by atoms with van der Waals surface area (Å²) in [6, 6.07) is 21.3. The van der Waals surface area contributed by atoms with Gasteiger partial charge in [0.25, 0.3) is 5.91 Å². The van der Waals surface area contributed by atoms with Crippen LogP contribution in [-0.4, -0.2) is 24.8 Å². The van der Waals surface area contributed by atoms with Gasteiger partial charge in [0, 0.05) is 22.9 Å². The van der Waals surface area contributed by atoms with Gasteiger partial charge in [-0.1, -0.05) is 30.3 Å². The van der Waals surface area contributed by atoms with Crippen LogP contribution in [0.25, 0.3) is 11.1 Å². The van der Waals surface area contributed by atoms with Crippen molar-refractivity contribution in [3.05, 3.63) is 76.5 Å². The van der Waals surface area contributed by atoms with Crippen molar-refractivity contribution in [1.29, 1.82) is 5.26 Å². The van der Waals surface area contributed by atoms with Gasteiger partial charge in [-0.2, -0.15) is 17.0 Å². The molecule has 2 aromatic carbocycles. The molecule has 4 nitrogen and oxygen atoms in total. The van der Waals surface area contributed by atoms with E-state index < -0.39 is 0 Å². The van der Waals surface area contributed by atoms with Crippen LogP contribution >= 0.6 is 23.1 Å². The molecule has 1 heterocycles. The summed E-state index contributed by atoms with van der Waals surface area (Å²) in [6.45, 7) is 0.641. The third-order valence-corrected chi connectivity index (χ3v) is 6.03. The number of carbonyl (C=O) groups is 1. The van der Waals surface area contributed by atoms with Crippen LogP contribution in [0.2, 0.25) is 0 Å². The Balaban J connectivity index is 1.36. The minimum Gasteiger partial charge on any atom is -0.484 e. The summed E-state index contributed by atoms with van der Waals surface area (Å²) in [5.41, 5.74) is 2.70. The van der Waals surface area contributed by atoms with Crippen molar-refractivity contribution in [1.82, 2.24) is 5.32 Å². The third-order valence-electron chi connectivity index (χ3n) is 3.96. The monoisotopic (exact) mass is 408 g/mol. The fourth-order valence-corrected chi connectivity index (χ4v) is 4.21. The van der Waals surface area contributed by atoms with Crippen molar-refractivity contribution in [2.24, 2.45) is 0 Å². The zero-order chi connectivity index (χ0) is 19.6. The SMILES string of the molecule is N#Cc1ccc(-c2ccc(OCC(=O)NCCSCc3cccs3)cc2)cc1. The van der Waals surface area contributed by atoms with Gasteiger partial charge < -0.3 is 10.1 Å². The van der Waals surface area contributed by atoms with Crippen molar-refractivity contribution in [3.8, 4) is 22.9 Å². The summed E-state index contributed by atoms with van der Waals surface area (Å²) in [7, 11) is 0. The van der Waals surface area contributed by atoms with Crippen LogP contribution in [0, 0.1) is 11.3 Å². The maximum absolute atomic E-state index is 11.9. The normalized spacial score (nSPS) is 10.2. The number of hydrogen-bond donors (Lipinski definition) is 1. The predicted octanol–water partition coefficient (Wildman–Crippen LogP) is 4.72. The minimum absolute atomic E-state index is 0.00576. The molecule has 0 aliphatic rings. The summed E-state index contributed by atoms with van der Waals surface area (Å²) >= 11 is 3.56. The van der Waals surface area contributed by atoms with Crippen LogP contribution in [0.4, 0.5) is 0 Å². The quantitative estimate of drug-likeness (QED) is 0.521. The molecule has 1 N–H and O–H groups in total. The Morgan fingerprint density at radius 3 is 2.43 bits per heavy atom. The van der Waals surface area contributed by atoms with E-state index in [1.54, 1.807) is 35.2 Å².